The second kappa shape index (κ2) is 8.69. The number of pyridine rings is 1. The third-order valence-electron chi connectivity index (χ3n) is 3.38. The molecule has 2 rings (SSSR count). The predicted molar refractivity (Wildman–Crippen MR) is 100 cm³/mol. The Hall–Kier alpha value is -1.85. The van der Waals surface area contributed by atoms with Crippen LogP contribution in [0, 0.1) is 23.5 Å². The van der Waals surface area contributed by atoms with Crippen LogP contribution in [-0.2, 0) is 6.42 Å². The third-order valence-corrected chi connectivity index (χ3v) is 4.05. The van der Waals surface area contributed by atoms with E-state index < -0.39 is 17.2 Å². The quantitative estimate of drug-likeness (QED) is 0.510. The summed E-state index contributed by atoms with van der Waals surface area (Å²) in [5.74, 6) is 4.29. The average molecular weight is 424 g/mol. The molecule has 26 heavy (non-hydrogen) atoms. The van der Waals surface area contributed by atoms with Crippen molar-refractivity contribution in [2.45, 2.75) is 31.9 Å². The van der Waals surface area contributed by atoms with Crippen LogP contribution < -0.4 is 10.9 Å². The summed E-state index contributed by atoms with van der Waals surface area (Å²) in [5, 5.41) is 9.74. The maximum Gasteiger partial charge on any atom is 0.126 e. The van der Waals surface area contributed by atoms with Gasteiger partial charge in [0.1, 0.15) is 22.9 Å². The molecule has 1 aromatic heterocycles. The lowest BCUT2D eigenvalue weighted by Gasteiger charge is -2.19. The highest BCUT2D eigenvalue weighted by molar-refractivity contribution is 9.10. The van der Waals surface area contributed by atoms with Crippen molar-refractivity contribution >= 4 is 15.9 Å². The Balaban J connectivity index is 2.37. The zero-order valence-electron chi connectivity index (χ0n) is 14.7. The van der Waals surface area contributed by atoms with Gasteiger partial charge in [0.2, 0.25) is 0 Å². The molecular weight excluding hydrogens is 404 g/mol. The molecule has 0 unspecified atom stereocenters. The fraction of sp³-hybridized carbons (Fsp3) is 0.316. The molecule has 0 saturated heterocycles. The number of aliphatic hydroxyl groups is 1. The van der Waals surface area contributed by atoms with Gasteiger partial charge >= 0.3 is 0 Å². The van der Waals surface area contributed by atoms with Gasteiger partial charge in [0.25, 0.3) is 0 Å². The molecule has 0 aliphatic carbocycles. The van der Waals surface area contributed by atoms with Crippen LogP contribution in [-0.4, -0.2) is 22.7 Å². The molecule has 0 fully saturated rings. The monoisotopic (exact) mass is 423 g/mol. The molecule has 0 amide bonds. The SMILES string of the molecule is CNN[C@@H](Cc1cc(F)cc(F)c1)c1nc(C#CC(C)(C)O)ccc1Br. The van der Waals surface area contributed by atoms with E-state index in [0.717, 1.165) is 10.5 Å². The summed E-state index contributed by atoms with van der Waals surface area (Å²) in [4.78, 5) is 4.51. The van der Waals surface area contributed by atoms with Crippen LogP contribution in [0.1, 0.15) is 36.8 Å². The maximum absolute atomic E-state index is 13.5. The molecule has 3 N–H and O–H groups in total. The second-order valence-corrected chi connectivity index (χ2v) is 7.16. The molecule has 0 radical (unpaired) electrons. The van der Waals surface area contributed by atoms with E-state index in [1.165, 1.54) is 12.1 Å². The van der Waals surface area contributed by atoms with Crippen LogP contribution in [0.5, 0.6) is 0 Å². The van der Waals surface area contributed by atoms with Crippen molar-refractivity contribution in [2.75, 3.05) is 7.05 Å². The van der Waals surface area contributed by atoms with Crippen molar-refractivity contribution in [3.8, 4) is 11.8 Å². The van der Waals surface area contributed by atoms with Crippen LogP contribution in [0.25, 0.3) is 0 Å². The lowest BCUT2D eigenvalue weighted by atomic mass is 10.0. The normalized spacial score (nSPS) is 12.4. The van der Waals surface area contributed by atoms with Crippen molar-refractivity contribution in [1.82, 2.24) is 15.8 Å². The van der Waals surface area contributed by atoms with Gasteiger partial charge in [-0.05, 0) is 79.0 Å². The zero-order chi connectivity index (χ0) is 19.3. The Morgan fingerprint density at radius 2 is 1.88 bits per heavy atom. The minimum absolute atomic E-state index is 0.309. The number of hydrogen-bond donors (Lipinski definition) is 3. The number of benzene rings is 1. The van der Waals surface area contributed by atoms with Gasteiger partial charge in [0.05, 0.1) is 11.7 Å². The van der Waals surface area contributed by atoms with E-state index in [-0.39, 0.29) is 6.04 Å². The summed E-state index contributed by atoms with van der Waals surface area (Å²) < 4.78 is 27.7. The molecule has 0 aliphatic heterocycles. The molecule has 0 aliphatic rings. The molecular formula is C19H20BrF2N3O. The number of hydrazine groups is 1. The van der Waals surface area contributed by atoms with Gasteiger partial charge < -0.3 is 5.11 Å². The van der Waals surface area contributed by atoms with E-state index in [9.17, 15) is 13.9 Å². The number of aromatic nitrogens is 1. The standard InChI is InChI=1S/C19H20BrF2N3O/c1-19(2,26)7-6-15-4-5-16(20)18(24-15)17(25-23-3)10-12-8-13(21)11-14(22)9-12/h4-5,8-9,11,17,23,25-26H,10H2,1-3H3/t17-/m0/s1. The molecule has 138 valence electrons. The van der Waals surface area contributed by atoms with Gasteiger partial charge in [-0.1, -0.05) is 5.92 Å². The van der Waals surface area contributed by atoms with E-state index in [1.54, 1.807) is 33.0 Å². The summed E-state index contributed by atoms with van der Waals surface area (Å²) in [5.41, 5.74) is 6.37. The number of rotatable bonds is 5. The Bertz CT molecular complexity index is 821. The minimum Gasteiger partial charge on any atom is -0.378 e. The highest BCUT2D eigenvalue weighted by Crippen LogP contribution is 2.25. The fourth-order valence-electron chi connectivity index (χ4n) is 2.34. The van der Waals surface area contributed by atoms with Crippen molar-refractivity contribution in [3.05, 3.63) is 63.4 Å². The highest BCUT2D eigenvalue weighted by Gasteiger charge is 2.18. The molecule has 1 atom stereocenters. The molecule has 0 spiro atoms. The van der Waals surface area contributed by atoms with E-state index in [0.29, 0.717) is 23.4 Å². The smallest absolute Gasteiger partial charge is 0.126 e. The Kier molecular flexibility index (Phi) is 6.84. The molecule has 1 aromatic carbocycles. The van der Waals surface area contributed by atoms with E-state index in [1.807, 2.05) is 0 Å². The number of nitrogens with zero attached hydrogens (tertiary/aromatic N) is 1. The summed E-state index contributed by atoms with van der Waals surface area (Å²) in [6, 6.07) is 6.58. The minimum atomic E-state index is -1.13. The first-order valence-corrected chi connectivity index (χ1v) is 8.76. The van der Waals surface area contributed by atoms with E-state index in [4.69, 9.17) is 0 Å². The molecule has 0 saturated carbocycles. The lowest BCUT2D eigenvalue weighted by Crippen LogP contribution is -2.34. The van der Waals surface area contributed by atoms with Crippen molar-refractivity contribution in [3.63, 3.8) is 0 Å². The Labute approximate surface area is 160 Å². The van der Waals surface area contributed by atoms with Gasteiger partial charge in [-0.25, -0.2) is 19.2 Å². The van der Waals surface area contributed by atoms with Crippen LogP contribution >= 0.6 is 15.9 Å². The molecule has 7 heteroatoms. The van der Waals surface area contributed by atoms with Crippen molar-refractivity contribution < 1.29 is 13.9 Å². The van der Waals surface area contributed by atoms with Gasteiger partial charge in [-0.15, -0.1) is 0 Å². The Morgan fingerprint density at radius 3 is 2.46 bits per heavy atom. The molecule has 0 bridgehead atoms. The fourth-order valence-corrected chi connectivity index (χ4v) is 2.84. The van der Waals surface area contributed by atoms with E-state index >= 15 is 0 Å². The number of halogens is 3. The van der Waals surface area contributed by atoms with E-state index in [2.05, 4.69) is 43.6 Å². The summed E-state index contributed by atoms with van der Waals surface area (Å²) in [7, 11) is 1.70. The average Bonchev–Trinajstić information content (AvgIpc) is 2.52. The molecule has 2 aromatic rings. The largest absolute Gasteiger partial charge is 0.378 e. The molecule has 4 nitrogen and oxygen atoms in total. The van der Waals surface area contributed by atoms with Crippen molar-refractivity contribution in [2.24, 2.45) is 0 Å². The van der Waals surface area contributed by atoms with Gasteiger partial charge in [-0.2, -0.15) is 0 Å². The first kappa shape index (κ1) is 20.5. The maximum atomic E-state index is 13.5. The summed E-state index contributed by atoms with van der Waals surface area (Å²) in [6.45, 7) is 3.17. The van der Waals surface area contributed by atoms with Crippen LogP contribution in [0.15, 0.2) is 34.8 Å². The number of nitrogens with one attached hydrogen (secondary N) is 2. The Morgan fingerprint density at radius 1 is 1.23 bits per heavy atom. The number of hydrogen-bond acceptors (Lipinski definition) is 4. The lowest BCUT2D eigenvalue weighted by molar-refractivity contribution is 0.143. The first-order chi connectivity index (χ1) is 12.2. The predicted octanol–water partition coefficient (Wildman–Crippen LogP) is 3.25. The third kappa shape index (κ3) is 6.15. The van der Waals surface area contributed by atoms with Crippen molar-refractivity contribution in [1.29, 1.82) is 0 Å². The summed E-state index contributed by atoms with van der Waals surface area (Å²) in [6.07, 6.45) is 0.309. The zero-order valence-corrected chi connectivity index (χ0v) is 16.3. The van der Waals surface area contributed by atoms with Gasteiger partial charge in [-0.3, -0.25) is 5.43 Å². The topological polar surface area (TPSA) is 57.2 Å². The van der Waals surface area contributed by atoms with Crippen LogP contribution in [0.2, 0.25) is 0 Å². The summed E-state index contributed by atoms with van der Waals surface area (Å²) >= 11 is 3.46. The second-order valence-electron chi connectivity index (χ2n) is 6.30. The van der Waals surface area contributed by atoms with Gasteiger partial charge in [0.15, 0.2) is 0 Å². The molecule has 1 heterocycles. The van der Waals surface area contributed by atoms with Crippen LogP contribution in [0.3, 0.4) is 0 Å². The van der Waals surface area contributed by atoms with Gasteiger partial charge in [0, 0.05) is 10.5 Å². The van der Waals surface area contributed by atoms with Crippen LogP contribution in [0.4, 0.5) is 8.78 Å². The first-order valence-electron chi connectivity index (χ1n) is 7.97. The highest BCUT2D eigenvalue weighted by atomic mass is 79.9.